The summed E-state index contributed by atoms with van der Waals surface area (Å²) in [6, 6.07) is 1.97. The van der Waals surface area contributed by atoms with Crippen LogP contribution in [0.5, 0.6) is 0 Å². The number of likely N-dealkylation sites (tertiary alicyclic amines) is 1. The molecule has 1 unspecified atom stereocenters. The van der Waals surface area contributed by atoms with Gasteiger partial charge in [0.25, 0.3) is 0 Å². The fourth-order valence-corrected chi connectivity index (χ4v) is 3.80. The lowest BCUT2D eigenvalue weighted by molar-refractivity contribution is -0.132. The van der Waals surface area contributed by atoms with Crippen molar-refractivity contribution in [3.8, 4) is 0 Å². The molecule has 1 saturated heterocycles. The predicted molar refractivity (Wildman–Crippen MR) is 106 cm³/mol. The summed E-state index contributed by atoms with van der Waals surface area (Å²) in [5, 5.41) is 3.52. The van der Waals surface area contributed by atoms with Crippen LogP contribution in [-0.2, 0) is 9.59 Å². The van der Waals surface area contributed by atoms with E-state index in [9.17, 15) is 9.59 Å². The van der Waals surface area contributed by atoms with Crippen LogP contribution in [0.3, 0.4) is 0 Å². The number of hydrogen-bond acceptors (Lipinski definition) is 6. The van der Waals surface area contributed by atoms with Gasteiger partial charge in [0, 0.05) is 43.5 Å². The molecular weight excluding hydrogens is 374 g/mol. The van der Waals surface area contributed by atoms with E-state index in [4.69, 9.17) is 5.73 Å². The van der Waals surface area contributed by atoms with Gasteiger partial charge in [-0.3, -0.25) is 9.59 Å². The van der Waals surface area contributed by atoms with E-state index in [0.29, 0.717) is 30.4 Å². The van der Waals surface area contributed by atoms with Gasteiger partial charge in [-0.15, -0.1) is 12.4 Å². The molecule has 0 aromatic carbocycles. The zero-order valence-corrected chi connectivity index (χ0v) is 17.0. The van der Waals surface area contributed by atoms with E-state index in [2.05, 4.69) is 15.3 Å². The summed E-state index contributed by atoms with van der Waals surface area (Å²) in [6.45, 7) is 5.42. The summed E-state index contributed by atoms with van der Waals surface area (Å²) in [5.41, 5.74) is 7.20. The average molecular weight is 402 g/mol. The number of halogens is 1. The van der Waals surface area contributed by atoms with Crippen molar-refractivity contribution < 1.29 is 9.59 Å². The minimum Gasteiger partial charge on any atom is -0.354 e. The third-order valence-corrected chi connectivity index (χ3v) is 4.97. The lowest BCUT2D eigenvalue weighted by Crippen LogP contribution is -2.50. The average Bonchev–Trinajstić information content (AvgIpc) is 2.57. The molecule has 2 amide bonds. The van der Waals surface area contributed by atoms with Gasteiger partial charge in [-0.25, -0.2) is 9.97 Å². The second-order valence-electron chi connectivity index (χ2n) is 6.30. The van der Waals surface area contributed by atoms with Crippen LogP contribution in [0, 0.1) is 13.8 Å². The summed E-state index contributed by atoms with van der Waals surface area (Å²) >= 11 is 1.37. The molecule has 0 spiro atoms. The maximum absolute atomic E-state index is 12.6. The van der Waals surface area contributed by atoms with Crippen LogP contribution in [0.4, 0.5) is 0 Å². The van der Waals surface area contributed by atoms with Crippen LogP contribution in [0.15, 0.2) is 11.2 Å². The van der Waals surface area contributed by atoms with Crippen molar-refractivity contribution in [2.24, 2.45) is 5.73 Å². The molecule has 0 bridgehead atoms. The van der Waals surface area contributed by atoms with Crippen molar-refractivity contribution in [1.29, 1.82) is 0 Å². The van der Waals surface area contributed by atoms with E-state index in [1.165, 1.54) is 11.8 Å². The van der Waals surface area contributed by atoms with Crippen molar-refractivity contribution in [3.05, 3.63) is 17.5 Å². The smallest absolute Gasteiger partial charge is 0.233 e. The number of rotatable bonds is 7. The SMILES string of the molecule is Cc1cc(C)nc(SCC(=O)N2CCCCC2CNC(=O)CCN)n1.Cl. The molecule has 9 heteroatoms. The first-order chi connectivity index (χ1) is 12.0. The van der Waals surface area contributed by atoms with Crippen molar-refractivity contribution >= 4 is 36.0 Å². The number of carbonyl (C=O) groups excluding carboxylic acids is 2. The molecule has 1 fully saturated rings. The molecule has 1 aliphatic rings. The van der Waals surface area contributed by atoms with E-state index >= 15 is 0 Å². The first-order valence-corrected chi connectivity index (χ1v) is 9.69. The Morgan fingerprint density at radius 3 is 2.65 bits per heavy atom. The first kappa shape index (κ1) is 22.7. The lowest BCUT2D eigenvalue weighted by Gasteiger charge is -2.35. The Balaban J connectivity index is 0.00000338. The number of aryl methyl sites for hydroxylation is 2. The molecule has 7 nitrogen and oxygen atoms in total. The topological polar surface area (TPSA) is 101 Å². The summed E-state index contributed by atoms with van der Waals surface area (Å²) in [6.07, 6.45) is 3.32. The number of piperidine rings is 1. The number of aromatic nitrogens is 2. The van der Waals surface area contributed by atoms with Crippen LogP contribution in [0.25, 0.3) is 0 Å². The molecule has 2 rings (SSSR count). The monoisotopic (exact) mass is 401 g/mol. The van der Waals surface area contributed by atoms with E-state index in [-0.39, 0.29) is 30.3 Å². The Morgan fingerprint density at radius 2 is 2.00 bits per heavy atom. The number of nitrogens with one attached hydrogen (secondary N) is 1. The zero-order valence-electron chi connectivity index (χ0n) is 15.4. The van der Waals surface area contributed by atoms with Gasteiger partial charge in [-0.05, 0) is 39.2 Å². The maximum atomic E-state index is 12.6. The first-order valence-electron chi connectivity index (χ1n) is 8.71. The van der Waals surface area contributed by atoms with Gasteiger partial charge in [-0.1, -0.05) is 11.8 Å². The Labute approximate surface area is 165 Å². The number of carbonyl (C=O) groups is 2. The second kappa shape index (κ2) is 11.4. The summed E-state index contributed by atoms with van der Waals surface area (Å²) in [4.78, 5) is 34.9. The molecule has 26 heavy (non-hydrogen) atoms. The molecule has 1 aromatic heterocycles. The highest BCUT2D eigenvalue weighted by Gasteiger charge is 2.27. The number of thioether (sulfide) groups is 1. The van der Waals surface area contributed by atoms with E-state index in [1.807, 2.05) is 24.8 Å². The molecule has 1 atom stereocenters. The quantitative estimate of drug-likeness (QED) is 0.529. The third-order valence-electron chi connectivity index (χ3n) is 4.14. The highest BCUT2D eigenvalue weighted by atomic mass is 35.5. The van der Waals surface area contributed by atoms with Gasteiger partial charge in [0.05, 0.1) is 5.75 Å². The minimum absolute atomic E-state index is 0. The standard InChI is InChI=1S/C17H27N5O2S.ClH/c1-12-9-13(2)21-17(20-12)25-11-16(24)22-8-4-3-5-14(22)10-19-15(23)6-7-18;/h9,14H,3-8,10-11,18H2,1-2H3,(H,19,23);1H. The molecule has 0 aliphatic carbocycles. The highest BCUT2D eigenvalue weighted by Crippen LogP contribution is 2.20. The number of hydrogen-bond donors (Lipinski definition) is 2. The fraction of sp³-hybridized carbons (Fsp3) is 0.647. The molecular formula is C17H28ClN5O2S. The summed E-state index contributed by atoms with van der Waals surface area (Å²) in [5.74, 6) is 0.333. The van der Waals surface area contributed by atoms with Gasteiger partial charge >= 0.3 is 0 Å². The molecule has 2 heterocycles. The Kier molecular flexibility index (Phi) is 9.90. The molecule has 1 aromatic rings. The summed E-state index contributed by atoms with van der Waals surface area (Å²) in [7, 11) is 0. The van der Waals surface area contributed by atoms with Crippen LogP contribution in [0.1, 0.15) is 37.1 Å². The Morgan fingerprint density at radius 1 is 1.31 bits per heavy atom. The van der Waals surface area contributed by atoms with Crippen LogP contribution < -0.4 is 11.1 Å². The van der Waals surface area contributed by atoms with Gasteiger partial charge in [-0.2, -0.15) is 0 Å². The normalized spacial score (nSPS) is 16.7. The third kappa shape index (κ3) is 7.09. The summed E-state index contributed by atoms with van der Waals surface area (Å²) < 4.78 is 0. The van der Waals surface area contributed by atoms with E-state index in [1.54, 1.807) is 0 Å². The molecule has 146 valence electrons. The largest absolute Gasteiger partial charge is 0.354 e. The van der Waals surface area contributed by atoms with Crippen molar-refractivity contribution in [2.45, 2.75) is 50.7 Å². The van der Waals surface area contributed by atoms with Crippen molar-refractivity contribution in [2.75, 3.05) is 25.4 Å². The molecule has 0 radical (unpaired) electrons. The highest BCUT2D eigenvalue weighted by molar-refractivity contribution is 7.99. The zero-order chi connectivity index (χ0) is 18.2. The van der Waals surface area contributed by atoms with E-state index < -0.39 is 0 Å². The second-order valence-corrected chi connectivity index (χ2v) is 7.24. The van der Waals surface area contributed by atoms with Gasteiger partial charge in [0.1, 0.15) is 0 Å². The van der Waals surface area contributed by atoms with E-state index in [0.717, 1.165) is 37.2 Å². The fourth-order valence-electron chi connectivity index (χ4n) is 2.96. The van der Waals surface area contributed by atoms with Crippen molar-refractivity contribution in [1.82, 2.24) is 20.2 Å². The molecule has 0 saturated carbocycles. The minimum atomic E-state index is -0.0570. The number of nitrogens with two attached hydrogens (primary N) is 1. The number of amides is 2. The van der Waals surface area contributed by atoms with Crippen molar-refractivity contribution in [3.63, 3.8) is 0 Å². The Bertz CT molecular complexity index is 597. The number of nitrogens with zero attached hydrogens (tertiary/aromatic N) is 3. The lowest BCUT2D eigenvalue weighted by atomic mass is 10.0. The van der Waals surface area contributed by atoms with Gasteiger partial charge < -0.3 is 16.0 Å². The van der Waals surface area contributed by atoms with Crippen LogP contribution in [-0.4, -0.2) is 58.1 Å². The molecule has 1 aliphatic heterocycles. The van der Waals surface area contributed by atoms with Crippen LogP contribution >= 0.6 is 24.2 Å². The predicted octanol–water partition coefficient (Wildman–Crippen LogP) is 1.45. The van der Waals surface area contributed by atoms with Gasteiger partial charge in [0.2, 0.25) is 11.8 Å². The molecule has 3 N–H and O–H groups in total. The maximum Gasteiger partial charge on any atom is 0.233 e. The Hall–Kier alpha value is -1.38. The van der Waals surface area contributed by atoms with Crippen LogP contribution in [0.2, 0.25) is 0 Å². The van der Waals surface area contributed by atoms with Gasteiger partial charge in [0.15, 0.2) is 5.16 Å².